The van der Waals surface area contributed by atoms with Crippen molar-refractivity contribution in [2.75, 3.05) is 11.9 Å². The molecule has 0 radical (unpaired) electrons. The summed E-state index contributed by atoms with van der Waals surface area (Å²) in [6.45, 7) is 0.625. The molecular formula is C17H15ClN4OS. The molecule has 2 aromatic heterocycles. The van der Waals surface area contributed by atoms with E-state index in [-0.39, 0.29) is 11.9 Å². The summed E-state index contributed by atoms with van der Waals surface area (Å²) in [6, 6.07) is 10.0. The topological polar surface area (TPSA) is 66.9 Å². The molecule has 122 valence electrons. The maximum atomic E-state index is 11.3. The molecule has 1 saturated heterocycles. The molecule has 3 aromatic rings. The second-order valence-corrected chi connectivity index (χ2v) is 7.23. The number of nitrogens with one attached hydrogen (secondary N) is 2. The Morgan fingerprint density at radius 2 is 2.08 bits per heavy atom. The van der Waals surface area contributed by atoms with Gasteiger partial charge >= 0.3 is 0 Å². The van der Waals surface area contributed by atoms with Crippen LogP contribution in [0.1, 0.15) is 12.8 Å². The molecule has 24 heavy (non-hydrogen) atoms. The SMILES string of the molecule is O=C1CCC(Nc2ncnc3cc(-c4ccc(Cl)cc4)sc23)CN1. The van der Waals surface area contributed by atoms with Gasteiger partial charge in [-0.2, -0.15) is 0 Å². The zero-order valence-corrected chi connectivity index (χ0v) is 14.3. The van der Waals surface area contributed by atoms with Gasteiger partial charge in [-0.1, -0.05) is 23.7 Å². The lowest BCUT2D eigenvalue weighted by Gasteiger charge is -2.23. The number of benzene rings is 1. The average Bonchev–Trinajstić information content (AvgIpc) is 3.03. The maximum absolute atomic E-state index is 11.3. The predicted octanol–water partition coefficient (Wildman–Crippen LogP) is 3.70. The van der Waals surface area contributed by atoms with Gasteiger partial charge in [0.2, 0.25) is 5.91 Å². The molecule has 1 aliphatic rings. The minimum absolute atomic E-state index is 0.113. The number of piperidine rings is 1. The summed E-state index contributed by atoms with van der Waals surface area (Å²) in [7, 11) is 0. The minimum atomic E-state index is 0.113. The van der Waals surface area contributed by atoms with Gasteiger partial charge in [0, 0.05) is 28.9 Å². The van der Waals surface area contributed by atoms with E-state index in [0.29, 0.717) is 13.0 Å². The van der Waals surface area contributed by atoms with Crippen molar-refractivity contribution in [2.45, 2.75) is 18.9 Å². The summed E-state index contributed by atoms with van der Waals surface area (Å²) in [5, 5.41) is 7.05. The molecule has 1 fully saturated rings. The third-order valence-corrected chi connectivity index (χ3v) is 5.48. The highest BCUT2D eigenvalue weighted by Crippen LogP contribution is 2.36. The monoisotopic (exact) mass is 358 g/mol. The third kappa shape index (κ3) is 3.07. The van der Waals surface area contributed by atoms with Crippen molar-refractivity contribution < 1.29 is 4.79 Å². The van der Waals surface area contributed by atoms with Gasteiger partial charge < -0.3 is 10.6 Å². The van der Waals surface area contributed by atoms with Crippen LogP contribution < -0.4 is 10.6 Å². The first-order chi connectivity index (χ1) is 11.7. The van der Waals surface area contributed by atoms with E-state index in [2.05, 4.69) is 26.7 Å². The van der Waals surface area contributed by atoms with Crippen molar-refractivity contribution in [3.05, 3.63) is 41.7 Å². The van der Waals surface area contributed by atoms with Crippen LogP contribution >= 0.6 is 22.9 Å². The molecule has 0 aliphatic carbocycles. The summed E-state index contributed by atoms with van der Waals surface area (Å²) in [6.07, 6.45) is 2.93. The molecule has 2 N–H and O–H groups in total. The van der Waals surface area contributed by atoms with Crippen molar-refractivity contribution >= 4 is 44.9 Å². The van der Waals surface area contributed by atoms with Crippen LogP contribution in [0.25, 0.3) is 20.7 Å². The van der Waals surface area contributed by atoms with Crippen molar-refractivity contribution in [3.8, 4) is 10.4 Å². The van der Waals surface area contributed by atoms with Crippen LogP contribution in [-0.2, 0) is 4.79 Å². The number of amides is 1. The van der Waals surface area contributed by atoms with E-state index in [4.69, 9.17) is 11.6 Å². The molecule has 0 spiro atoms. The van der Waals surface area contributed by atoms with E-state index in [1.807, 2.05) is 24.3 Å². The first kappa shape index (κ1) is 15.4. The molecule has 3 heterocycles. The summed E-state index contributed by atoms with van der Waals surface area (Å²) in [5.41, 5.74) is 2.03. The van der Waals surface area contributed by atoms with Crippen LogP contribution in [-0.4, -0.2) is 28.5 Å². The molecule has 4 rings (SSSR count). The summed E-state index contributed by atoms with van der Waals surface area (Å²) in [5.74, 6) is 0.938. The number of fused-ring (bicyclic) bond motifs is 1. The quantitative estimate of drug-likeness (QED) is 0.749. The van der Waals surface area contributed by atoms with Crippen LogP contribution in [0, 0.1) is 0 Å². The molecule has 1 unspecified atom stereocenters. The van der Waals surface area contributed by atoms with Crippen molar-refractivity contribution in [2.24, 2.45) is 0 Å². The molecule has 1 atom stereocenters. The first-order valence-electron chi connectivity index (χ1n) is 7.73. The van der Waals surface area contributed by atoms with Gasteiger partial charge in [0.1, 0.15) is 12.1 Å². The Hall–Kier alpha value is -2.18. The Bertz CT molecular complexity index is 883. The van der Waals surface area contributed by atoms with Crippen molar-refractivity contribution in [1.82, 2.24) is 15.3 Å². The average molecular weight is 359 g/mol. The van der Waals surface area contributed by atoms with Crippen LogP contribution in [0.3, 0.4) is 0 Å². The Labute approximate surface area is 148 Å². The highest BCUT2D eigenvalue weighted by atomic mass is 35.5. The molecule has 1 aromatic carbocycles. The Morgan fingerprint density at radius 1 is 1.25 bits per heavy atom. The van der Waals surface area contributed by atoms with Gasteiger partial charge in [0.05, 0.1) is 10.2 Å². The van der Waals surface area contributed by atoms with Crippen molar-refractivity contribution in [3.63, 3.8) is 0 Å². The molecule has 0 bridgehead atoms. The zero-order chi connectivity index (χ0) is 16.5. The van der Waals surface area contributed by atoms with Gasteiger partial charge in [-0.15, -0.1) is 11.3 Å². The van der Waals surface area contributed by atoms with Gasteiger partial charge in [-0.3, -0.25) is 4.79 Å². The fourth-order valence-corrected chi connectivity index (χ4v) is 3.96. The third-order valence-electron chi connectivity index (χ3n) is 4.05. The highest BCUT2D eigenvalue weighted by molar-refractivity contribution is 7.22. The number of carbonyl (C=O) groups excluding carboxylic acids is 1. The Balaban J connectivity index is 1.64. The van der Waals surface area contributed by atoms with E-state index < -0.39 is 0 Å². The van der Waals surface area contributed by atoms with Gasteiger partial charge in [-0.05, 0) is 30.2 Å². The lowest BCUT2D eigenvalue weighted by Crippen LogP contribution is -2.42. The van der Waals surface area contributed by atoms with Gasteiger partial charge in [0.15, 0.2) is 0 Å². The lowest BCUT2D eigenvalue weighted by atomic mass is 10.1. The van der Waals surface area contributed by atoms with Crippen molar-refractivity contribution in [1.29, 1.82) is 0 Å². The Morgan fingerprint density at radius 3 is 2.83 bits per heavy atom. The number of hydrogen-bond acceptors (Lipinski definition) is 5. The molecule has 1 aliphatic heterocycles. The zero-order valence-electron chi connectivity index (χ0n) is 12.8. The number of nitrogens with zero attached hydrogens (tertiary/aromatic N) is 2. The molecular weight excluding hydrogens is 344 g/mol. The van der Waals surface area contributed by atoms with E-state index >= 15 is 0 Å². The number of anilines is 1. The highest BCUT2D eigenvalue weighted by Gasteiger charge is 2.19. The van der Waals surface area contributed by atoms with Crippen LogP contribution in [0.15, 0.2) is 36.7 Å². The molecule has 0 saturated carbocycles. The molecule has 7 heteroatoms. The molecule has 5 nitrogen and oxygen atoms in total. The fourth-order valence-electron chi connectivity index (χ4n) is 2.76. The van der Waals surface area contributed by atoms with Crippen LogP contribution in [0.2, 0.25) is 5.02 Å². The number of carbonyl (C=O) groups is 1. The summed E-state index contributed by atoms with van der Waals surface area (Å²) >= 11 is 7.62. The predicted molar refractivity (Wildman–Crippen MR) is 97.5 cm³/mol. The first-order valence-corrected chi connectivity index (χ1v) is 8.92. The smallest absolute Gasteiger partial charge is 0.220 e. The van der Waals surface area contributed by atoms with Crippen LogP contribution in [0.5, 0.6) is 0 Å². The van der Waals surface area contributed by atoms with Gasteiger partial charge in [-0.25, -0.2) is 9.97 Å². The van der Waals surface area contributed by atoms with E-state index in [0.717, 1.165) is 37.9 Å². The lowest BCUT2D eigenvalue weighted by molar-refractivity contribution is -0.122. The Kier molecular flexibility index (Phi) is 4.08. The van der Waals surface area contributed by atoms with Gasteiger partial charge in [0.25, 0.3) is 0 Å². The maximum Gasteiger partial charge on any atom is 0.220 e. The summed E-state index contributed by atoms with van der Waals surface area (Å²) < 4.78 is 1.03. The number of hydrogen-bond donors (Lipinski definition) is 2. The largest absolute Gasteiger partial charge is 0.364 e. The summed E-state index contributed by atoms with van der Waals surface area (Å²) in [4.78, 5) is 21.2. The van der Waals surface area contributed by atoms with E-state index in [9.17, 15) is 4.79 Å². The second-order valence-electron chi connectivity index (χ2n) is 5.74. The van der Waals surface area contributed by atoms with E-state index in [1.165, 1.54) is 0 Å². The van der Waals surface area contributed by atoms with E-state index in [1.54, 1.807) is 17.7 Å². The fraction of sp³-hybridized carbons (Fsp3) is 0.235. The number of rotatable bonds is 3. The standard InChI is InChI=1S/C17H15ClN4OS/c18-11-3-1-10(2-4-11)14-7-13-16(24-14)17(21-9-20-13)22-12-5-6-15(23)19-8-12/h1-4,7,9,12H,5-6,8H2,(H,19,23)(H,20,21,22). The minimum Gasteiger partial charge on any atom is -0.364 e. The number of halogens is 1. The number of aromatic nitrogens is 2. The molecule has 1 amide bonds. The van der Waals surface area contributed by atoms with Crippen LogP contribution in [0.4, 0.5) is 5.82 Å². The second kappa shape index (κ2) is 6.37. The number of thiophene rings is 1. The normalized spacial score (nSPS) is 17.7.